The summed E-state index contributed by atoms with van der Waals surface area (Å²) in [4.78, 5) is 0. The van der Waals surface area contributed by atoms with Gasteiger partial charge in [-0.15, -0.1) is 0 Å². The summed E-state index contributed by atoms with van der Waals surface area (Å²) >= 11 is 1.50. The first-order chi connectivity index (χ1) is 6.29. The van der Waals surface area contributed by atoms with E-state index in [4.69, 9.17) is 0 Å². The molecule has 0 nitrogen and oxygen atoms in total. The topological polar surface area (TPSA) is 0 Å². The van der Waals surface area contributed by atoms with E-state index in [1.807, 2.05) is 0 Å². The number of fused-ring (bicyclic) bond motifs is 1. The molecule has 0 aliphatic heterocycles. The zero-order chi connectivity index (χ0) is 9.26. The Bertz CT molecular complexity index is 452. The summed E-state index contributed by atoms with van der Waals surface area (Å²) in [6, 6.07) is 15.0. The minimum atomic E-state index is 1.33. The van der Waals surface area contributed by atoms with Crippen LogP contribution >= 0.6 is 0 Å². The van der Waals surface area contributed by atoms with Crippen molar-refractivity contribution in [3.63, 3.8) is 0 Å². The molecule has 0 bridgehead atoms. The van der Waals surface area contributed by atoms with Gasteiger partial charge in [0.05, 0.1) is 0 Å². The van der Waals surface area contributed by atoms with Gasteiger partial charge < -0.3 is 0 Å². The van der Waals surface area contributed by atoms with E-state index < -0.39 is 0 Å². The summed E-state index contributed by atoms with van der Waals surface area (Å²) in [6.45, 7) is 2.19. The van der Waals surface area contributed by atoms with E-state index in [0.717, 1.165) is 0 Å². The third-order valence-corrected chi connectivity index (χ3v) is 2.86. The van der Waals surface area contributed by atoms with E-state index in [1.54, 1.807) is 0 Å². The van der Waals surface area contributed by atoms with Crippen LogP contribution in [0.2, 0.25) is 0 Å². The molecule has 0 atom stereocenters. The van der Waals surface area contributed by atoms with Crippen LogP contribution in [-0.4, -0.2) is 3.21 Å². The summed E-state index contributed by atoms with van der Waals surface area (Å²) in [7, 11) is 0. The molecule has 0 aliphatic rings. The van der Waals surface area contributed by atoms with Crippen LogP contribution < -0.4 is 0 Å². The maximum absolute atomic E-state index is 2.20. The van der Waals surface area contributed by atoms with Crippen molar-refractivity contribution in [3.05, 3.63) is 48.0 Å². The molecule has 0 fully saturated rings. The van der Waals surface area contributed by atoms with Crippen LogP contribution in [0.3, 0.4) is 0 Å². The van der Waals surface area contributed by atoms with Crippen molar-refractivity contribution < 1.29 is 24.2 Å². The summed E-state index contributed by atoms with van der Waals surface area (Å²) in [5, 5.41) is 2.71. The first kappa shape index (κ1) is 9.03. The van der Waals surface area contributed by atoms with Crippen LogP contribution in [-0.2, 0) is 24.2 Å². The molecule has 0 spiro atoms. The Morgan fingerprint density at radius 1 is 1.00 bits per heavy atom. The molecule has 13 heavy (non-hydrogen) atoms. The Morgan fingerprint density at radius 3 is 2.46 bits per heavy atom. The van der Waals surface area contributed by atoms with Gasteiger partial charge in [0.25, 0.3) is 0 Å². The van der Waals surface area contributed by atoms with Gasteiger partial charge in [0.1, 0.15) is 0 Å². The normalized spacial score (nSPS) is 10.4. The van der Waals surface area contributed by atoms with Crippen molar-refractivity contribution in [2.45, 2.75) is 6.92 Å². The predicted molar refractivity (Wildman–Crippen MR) is 53.7 cm³/mol. The van der Waals surface area contributed by atoms with Crippen molar-refractivity contribution in [1.29, 1.82) is 0 Å². The van der Waals surface area contributed by atoms with E-state index in [1.165, 1.54) is 43.8 Å². The van der Waals surface area contributed by atoms with Crippen LogP contribution in [0, 0.1) is 0 Å². The molecular weight excluding hydrogens is 235 g/mol. The summed E-state index contributed by atoms with van der Waals surface area (Å²) in [5.74, 6) is 0. The van der Waals surface area contributed by atoms with Gasteiger partial charge in [0.15, 0.2) is 0 Å². The molecule has 1 heteroatoms. The van der Waals surface area contributed by atoms with Crippen LogP contribution in [0.5, 0.6) is 0 Å². The number of rotatable bonds is 1. The van der Waals surface area contributed by atoms with Crippen molar-refractivity contribution in [2.75, 3.05) is 0 Å². The fraction of sp³-hybridized carbons (Fsp3) is 0.0833. The molecule has 2 aromatic carbocycles. The van der Waals surface area contributed by atoms with Gasteiger partial charge in [-0.3, -0.25) is 0 Å². The van der Waals surface area contributed by atoms with Gasteiger partial charge in [0.2, 0.25) is 0 Å². The zero-order valence-corrected chi connectivity index (χ0v) is 10.00. The molecular formula is C12H10Zr+2. The fourth-order valence-corrected chi connectivity index (χ4v) is 2.09. The standard InChI is InChI=1S/C12H10.Zr/c1-2-10-7-5-8-11-6-3-4-9-12(10)11;/h3-9H,1H3;/q;+2. The molecule has 2 rings (SSSR count). The van der Waals surface area contributed by atoms with E-state index in [9.17, 15) is 0 Å². The number of hydrogen-bond donors (Lipinski definition) is 0. The Hall–Kier alpha value is -0.547. The summed E-state index contributed by atoms with van der Waals surface area (Å²) in [5.41, 5.74) is 1.40. The second-order valence-corrected chi connectivity index (χ2v) is 5.00. The number of benzene rings is 2. The molecule has 60 valence electrons. The fourth-order valence-electron chi connectivity index (χ4n) is 1.55. The molecule has 0 N–H and O–H groups in total. The van der Waals surface area contributed by atoms with Crippen LogP contribution in [0.15, 0.2) is 42.5 Å². The molecule has 0 saturated heterocycles. The molecule has 0 radical (unpaired) electrons. The van der Waals surface area contributed by atoms with E-state index in [2.05, 4.69) is 49.4 Å². The Kier molecular flexibility index (Phi) is 2.55. The van der Waals surface area contributed by atoms with Crippen molar-refractivity contribution in [1.82, 2.24) is 0 Å². The Morgan fingerprint density at radius 2 is 1.69 bits per heavy atom. The van der Waals surface area contributed by atoms with Gasteiger partial charge in [0, 0.05) is 0 Å². The monoisotopic (exact) mass is 244 g/mol. The van der Waals surface area contributed by atoms with Gasteiger partial charge in [-0.1, -0.05) is 0 Å². The quantitative estimate of drug-likeness (QED) is 0.725. The summed E-state index contributed by atoms with van der Waals surface area (Å²) in [6.07, 6.45) is 0. The average molecular weight is 245 g/mol. The maximum atomic E-state index is 2.20. The third-order valence-electron chi connectivity index (χ3n) is 2.19. The van der Waals surface area contributed by atoms with E-state index in [0.29, 0.717) is 0 Å². The third kappa shape index (κ3) is 1.71. The van der Waals surface area contributed by atoms with Crippen molar-refractivity contribution in [2.24, 2.45) is 0 Å². The molecule has 0 saturated carbocycles. The van der Waals surface area contributed by atoms with Gasteiger partial charge in [-0.2, -0.15) is 0 Å². The van der Waals surface area contributed by atoms with Crippen molar-refractivity contribution >= 4 is 14.0 Å². The second-order valence-electron chi connectivity index (χ2n) is 3.15. The molecule has 0 heterocycles. The number of hydrogen-bond acceptors (Lipinski definition) is 0. The zero-order valence-electron chi connectivity index (χ0n) is 7.54. The average Bonchev–Trinajstić information content (AvgIpc) is 2.17. The SMILES string of the molecule is C[C](=[Zr+2])c1cccc2ccccc12. The summed E-state index contributed by atoms with van der Waals surface area (Å²) < 4.78 is 1.46. The first-order valence-corrected chi connectivity index (χ1v) is 5.55. The minimum absolute atomic E-state index is 1.33. The van der Waals surface area contributed by atoms with Crippen LogP contribution in [0.25, 0.3) is 10.8 Å². The Balaban J connectivity index is 2.83. The van der Waals surface area contributed by atoms with Gasteiger partial charge >= 0.3 is 93.2 Å². The van der Waals surface area contributed by atoms with E-state index in [-0.39, 0.29) is 0 Å². The van der Waals surface area contributed by atoms with Gasteiger partial charge in [-0.25, -0.2) is 0 Å². The molecule has 2 aromatic rings. The van der Waals surface area contributed by atoms with E-state index >= 15 is 0 Å². The predicted octanol–water partition coefficient (Wildman–Crippen LogP) is 2.93. The van der Waals surface area contributed by atoms with Crippen LogP contribution in [0.1, 0.15) is 12.5 Å². The molecule has 0 aliphatic carbocycles. The first-order valence-electron chi connectivity index (χ1n) is 4.32. The molecule has 0 aromatic heterocycles. The Labute approximate surface area is 92.9 Å². The second kappa shape index (κ2) is 3.68. The van der Waals surface area contributed by atoms with Crippen molar-refractivity contribution in [3.8, 4) is 0 Å². The van der Waals surface area contributed by atoms with Crippen LogP contribution in [0.4, 0.5) is 0 Å². The molecule has 0 amide bonds. The van der Waals surface area contributed by atoms with Gasteiger partial charge in [-0.05, 0) is 0 Å². The molecule has 0 unspecified atom stereocenters.